The van der Waals surface area contributed by atoms with Crippen molar-refractivity contribution in [2.24, 2.45) is 5.73 Å². The lowest BCUT2D eigenvalue weighted by Crippen LogP contribution is -2.23. The van der Waals surface area contributed by atoms with Crippen LogP contribution in [0.4, 0.5) is 0 Å². The molecule has 1 heterocycles. The molecule has 1 aromatic rings. The number of esters is 1. The minimum Gasteiger partial charge on any atom is -0.456 e. The van der Waals surface area contributed by atoms with Crippen LogP contribution in [-0.2, 0) is 11.2 Å². The molecule has 0 unspecified atom stereocenters. The molecule has 0 amide bonds. The lowest BCUT2D eigenvalue weighted by atomic mass is 10.2. The molecular weight excluding hydrogens is 212 g/mol. The van der Waals surface area contributed by atoms with Gasteiger partial charge in [0.2, 0.25) is 0 Å². The first-order valence-electron chi connectivity index (χ1n) is 4.80. The van der Waals surface area contributed by atoms with Crippen LogP contribution in [0, 0.1) is 0 Å². The molecule has 2 N–H and O–H groups in total. The molecule has 0 aromatic carbocycles. The number of ether oxygens (including phenoxy) is 1. The molecular formula is C10H16N2O2S. The highest BCUT2D eigenvalue weighted by atomic mass is 32.1. The van der Waals surface area contributed by atoms with E-state index in [0.717, 1.165) is 5.01 Å². The summed E-state index contributed by atoms with van der Waals surface area (Å²) in [5, 5.41) is 0.873. The maximum absolute atomic E-state index is 11.6. The van der Waals surface area contributed by atoms with Crippen LogP contribution in [0.3, 0.4) is 0 Å². The Bertz CT molecular complexity index is 341. The topological polar surface area (TPSA) is 65.2 Å². The maximum Gasteiger partial charge on any atom is 0.350 e. The van der Waals surface area contributed by atoms with Crippen LogP contribution in [0.15, 0.2) is 6.20 Å². The second kappa shape index (κ2) is 4.72. The summed E-state index contributed by atoms with van der Waals surface area (Å²) in [4.78, 5) is 16.2. The van der Waals surface area contributed by atoms with Gasteiger partial charge in [-0.25, -0.2) is 9.78 Å². The zero-order valence-corrected chi connectivity index (χ0v) is 10.1. The fourth-order valence-electron chi connectivity index (χ4n) is 0.972. The molecule has 1 aromatic heterocycles. The Labute approximate surface area is 93.5 Å². The summed E-state index contributed by atoms with van der Waals surface area (Å²) in [7, 11) is 0. The van der Waals surface area contributed by atoms with Gasteiger partial charge in [0.15, 0.2) is 0 Å². The molecule has 5 heteroatoms. The highest BCUT2D eigenvalue weighted by Gasteiger charge is 2.19. The number of rotatable bonds is 3. The summed E-state index contributed by atoms with van der Waals surface area (Å²) in [6.07, 6.45) is 2.25. The van der Waals surface area contributed by atoms with Crippen molar-refractivity contribution in [2.45, 2.75) is 32.8 Å². The number of thiazole rings is 1. The molecule has 84 valence electrons. The molecule has 0 radical (unpaired) electrons. The second-order valence-electron chi connectivity index (χ2n) is 4.16. The standard InChI is InChI=1S/C10H16N2O2S/c1-10(2,3)14-9(13)7-6-12-8(15-7)4-5-11/h6H,4-5,11H2,1-3H3. The van der Waals surface area contributed by atoms with Gasteiger partial charge in [-0.3, -0.25) is 0 Å². The van der Waals surface area contributed by atoms with Crippen LogP contribution in [0.2, 0.25) is 0 Å². The van der Waals surface area contributed by atoms with Crippen LogP contribution in [0.5, 0.6) is 0 Å². The third kappa shape index (κ3) is 3.97. The van der Waals surface area contributed by atoms with Gasteiger partial charge in [0.1, 0.15) is 10.5 Å². The fourth-order valence-corrected chi connectivity index (χ4v) is 1.78. The Kier molecular flexibility index (Phi) is 3.82. The molecule has 0 bridgehead atoms. The third-order valence-electron chi connectivity index (χ3n) is 1.51. The smallest absolute Gasteiger partial charge is 0.350 e. The van der Waals surface area contributed by atoms with Crippen LogP contribution in [0.25, 0.3) is 0 Å². The van der Waals surface area contributed by atoms with Crippen LogP contribution >= 0.6 is 11.3 Å². The van der Waals surface area contributed by atoms with Gasteiger partial charge in [-0.1, -0.05) is 0 Å². The van der Waals surface area contributed by atoms with E-state index in [4.69, 9.17) is 10.5 Å². The number of aromatic nitrogens is 1. The summed E-state index contributed by atoms with van der Waals surface area (Å²) in [5.41, 5.74) is 4.93. The van der Waals surface area contributed by atoms with Gasteiger partial charge in [-0.05, 0) is 27.3 Å². The lowest BCUT2D eigenvalue weighted by Gasteiger charge is -2.18. The van der Waals surface area contributed by atoms with E-state index >= 15 is 0 Å². The molecule has 0 spiro atoms. The van der Waals surface area contributed by atoms with E-state index in [1.165, 1.54) is 11.3 Å². The highest BCUT2D eigenvalue weighted by molar-refractivity contribution is 7.13. The number of carbonyl (C=O) groups excluding carboxylic acids is 1. The average Bonchev–Trinajstić information content (AvgIpc) is 2.50. The Balaban J connectivity index is 2.66. The van der Waals surface area contributed by atoms with E-state index in [1.54, 1.807) is 6.20 Å². The summed E-state index contributed by atoms with van der Waals surface area (Å²) in [6, 6.07) is 0. The zero-order chi connectivity index (χ0) is 11.5. The van der Waals surface area contributed by atoms with E-state index in [-0.39, 0.29) is 5.97 Å². The largest absolute Gasteiger partial charge is 0.456 e. The van der Waals surface area contributed by atoms with Crippen LogP contribution in [0.1, 0.15) is 35.5 Å². The molecule has 0 fully saturated rings. The first kappa shape index (κ1) is 12.1. The number of hydrogen-bond donors (Lipinski definition) is 1. The van der Waals surface area contributed by atoms with E-state index in [9.17, 15) is 4.79 Å². The van der Waals surface area contributed by atoms with E-state index in [1.807, 2.05) is 20.8 Å². The predicted octanol–water partition coefficient (Wildman–Crippen LogP) is 1.60. The average molecular weight is 228 g/mol. The normalized spacial score (nSPS) is 11.5. The number of carbonyl (C=O) groups is 1. The molecule has 0 saturated carbocycles. The first-order valence-corrected chi connectivity index (χ1v) is 5.62. The monoisotopic (exact) mass is 228 g/mol. The fraction of sp³-hybridized carbons (Fsp3) is 0.600. The minimum absolute atomic E-state index is 0.316. The van der Waals surface area contributed by atoms with Crippen molar-refractivity contribution in [2.75, 3.05) is 6.54 Å². The Morgan fingerprint density at radius 1 is 1.60 bits per heavy atom. The summed E-state index contributed by atoms with van der Waals surface area (Å²) in [5.74, 6) is -0.316. The van der Waals surface area contributed by atoms with Crippen molar-refractivity contribution < 1.29 is 9.53 Å². The van der Waals surface area contributed by atoms with Crippen molar-refractivity contribution in [3.8, 4) is 0 Å². The Morgan fingerprint density at radius 3 is 2.80 bits per heavy atom. The van der Waals surface area contributed by atoms with Gasteiger partial charge in [-0.2, -0.15) is 0 Å². The molecule has 0 saturated heterocycles. The SMILES string of the molecule is CC(C)(C)OC(=O)c1cnc(CCN)s1. The van der Waals surface area contributed by atoms with Crippen LogP contribution in [-0.4, -0.2) is 23.1 Å². The van der Waals surface area contributed by atoms with Crippen molar-refractivity contribution in [3.05, 3.63) is 16.1 Å². The van der Waals surface area contributed by atoms with Gasteiger partial charge in [0.25, 0.3) is 0 Å². The zero-order valence-electron chi connectivity index (χ0n) is 9.24. The molecule has 4 nitrogen and oxygen atoms in total. The summed E-state index contributed by atoms with van der Waals surface area (Å²) in [6.45, 7) is 6.06. The molecule has 1 rings (SSSR count). The Hall–Kier alpha value is -0.940. The van der Waals surface area contributed by atoms with E-state index in [2.05, 4.69) is 4.98 Å². The number of nitrogens with zero attached hydrogens (tertiary/aromatic N) is 1. The van der Waals surface area contributed by atoms with Crippen molar-refractivity contribution in [1.29, 1.82) is 0 Å². The number of nitrogens with two attached hydrogens (primary N) is 1. The van der Waals surface area contributed by atoms with Gasteiger partial charge in [0.05, 0.1) is 11.2 Å². The maximum atomic E-state index is 11.6. The van der Waals surface area contributed by atoms with Gasteiger partial charge < -0.3 is 10.5 Å². The summed E-state index contributed by atoms with van der Waals surface area (Å²) < 4.78 is 5.22. The Morgan fingerprint density at radius 2 is 2.27 bits per heavy atom. The third-order valence-corrected chi connectivity index (χ3v) is 2.55. The first-order chi connectivity index (χ1) is 6.92. The van der Waals surface area contributed by atoms with E-state index in [0.29, 0.717) is 17.8 Å². The highest BCUT2D eigenvalue weighted by Crippen LogP contribution is 2.17. The van der Waals surface area contributed by atoms with Gasteiger partial charge >= 0.3 is 5.97 Å². The molecule has 15 heavy (non-hydrogen) atoms. The van der Waals surface area contributed by atoms with Gasteiger partial charge in [0, 0.05) is 6.42 Å². The van der Waals surface area contributed by atoms with E-state index < -0.39 is 5.60 Å². The molecule has 0 aliphatic carbocycles. The quantitative estimate of drug-likeness (QED) is 0.798. The second-order valence-corrected chi connectivity index (χ2v) is 5.27. The van der Waals surface area contributed by atoms with Crippen molar-refractivity contribution in [3.63, 3.8) is 0 Å². The predicted molar refractivity (Wildman–Crippen MR) is 60.0 cm³/mol. The van der Waals surface area contributed by atoms with Gasteiger partial charge in [-0.15, -0.1) is 11.3 Å². The lowest BCUT2D eigenvalue weighted by molar-refractivity contribution is 0.00750. The molecule has 0 aliphatic heterocycles. The number of hydrogen-bond acceptors (Lipinski definition) is 5. The van der Waals surface area contributed by atoms with Crippen LogP contribution < -0.4 is 5.73 Å². The molecule has 0 aliphatic rings. The van der Waals surface area contributed by atoms with Crippen molar-refractivity contribution >= 4 is 17.3 Å². The van der Waals surface area contributed by atoms with Crippen molar-refractivity contribution in [1.82, 2.24) is 4.98 Å². The summed E-state index contributed by atoms with van der Waals surface area (Å²) >= 11 is 1.34. The minimum atomic E-state index is -0.463. The molecule has 0 atom stereocenters.